The van der Waals surface area contributed by atoms with E-state index in [4.69, 9.17) is 15.2 Å². The van der Waals surface area contributed by atoms with E-state index < -0.39 is 12.3 Å². The van der Waals surface area contributed by atoms with Gasteiger partial charge in [0.2, 0.25) is 0 Å². The molecule has 1 aliphatic heterocycles. The van der Waals surface area contributed by atoms with Gasteiger partial charge in [0.05, 0.1) is 15.7 Å². The van der Waals surface area contributed by atoms with Crippen LogP contribution >= 0.6 is 15.9 Å². The molecule has 0 amide bonds. The zero-order chi connectivity index (χ0) is 22.0. The number of rotatable bonds is 3. The molecule has 3 N–H and O–H groups in total. The van der Waals surface area contributed by atoms with Crippen molar-refractivity contribution in [1.82, 2.24) is 19.5 Å². The minimum atomic E-state index is -0.630. The molecular weight excluding hydrogens is 474 g/mol. The molecule has 0 radical (unpaired) electrons. The maximum atomic E-state index is 11.1. The van der Waals surface area contributed by atoms with E-state index in [-0.39, 0.29) is 18.1 Å². The molecule has 5 atom stereocenters. The van der Waals surface area contributed by atoms with Crippen LogP contribution in [0.1, 0.15) is 24.8 Å². The monoisotopic (exact) mass is 495 g/mol. The van der Waals surface area contributed by atoms with Gasteiger partial charge < -0.3 is 24.9 Å². The number of aliphatic hydroxyl groups excluding tert-OH is 1. The molecule has 0 spiro atoms. The summed E-state index contributed by atoms with van der Waals surface area (Å²) in [4.78, 5) is 13.1. The maximum Gasteiger partial charge on any atom is 0.162 e. The molecule has 32 heavy (non-hydrogen) atoms. The predicted octanol–water partition coefficient (Wildman–Crippen LogP) is 3.75. The first-order chi connectivity index (χ1) is 15.5. The Morgan fingerprint density at radius 1 is 1.22 bits per heavy atom. The van der Waals surface area contributed by atoms with Gasteiger partial charge in [0, 0.05) is 29.0 Å². The van der Waals surface area contributed by atoms with Crippen LogP contribution in [-0.2, 0) is 4.74 Å². The average Bonchev–Trinajstić information content (AvgIpc) is 3.45. The Kier molecular flexibility index (Phi) is 4.60. The molecule has 6 rings (SSSR count). The molecule has 1 saturated carbocycles. The van der Waals surface area contributed by atoms with Crippen molar-refractivity contribution < 1.29 is 14.6 Å². The van der Waals surface area contributed by atoms with Gasteiger partial charge in [-0.1, -0.05) is 0 Å². The lowest BCUT2D eigenvalue weighted by Gasteiger charge is -2.22. The SMILES string of the molecule is Cc1ncnc2c1ccn2[C@@H]1O[C@H]2[C@H](CC[C@H]2Oc2ccc3cc(Br)c(N)nc3c2)[C@H]1O. The third kappa shape index (κ3) is 3.07. The molecule has 4 heterocycles. The Morgan fingerprint density at radius 2 is 2.09 bits per heavy atom. The number of aromatic nitrogens is 4. The van der Waals surface area contributed by atoms with Gasteiger partial charge in [-0.15, -0.1) is 0 Å². The summed E-state index contributed by atoms with van der Waals surface area (Å²) in [5.41, 5.74) is 8.38. The molecular formula is C23H22BrN5O3. The molecule has 2 fully saturated rings. The van der Waals surface area contributed by atoms with Gasteiger partial charge in [0.25, 0.3) is 0 Å². The summed E-state index contributed by atoms with van der Waals surface area (Å²) in [6.45, 7) is 1.95. The fourth-order valence-electron chi connectivity index (χ4n) is 5.01. The Morgan fingerprint density at radius 3 is 2.97 bits per heavy atom. The summed E-state index contributed by atoms with van der Waals surface area (Å²) in [7, 11) is 0. The van der Waals surface area contributed by atoms with Gasteiger partial charge in [-0.25, -0.2) is 15.0 Å². The zero-order valence-electron chi connectivity index (χ0n) is 17.4. The number of nitrogens with zero attached hydrogens (tertiary/aromatic N) is 4. The van der Waals surface area contributed by atoms with Crippen molar-refractivity contribution in [3.63, 3.8) is 0 Å². The van der Waals surface area contributed by atoms with Crippen LogP contribution in [0.2, 0.25) is 0 Å². The van der Waals surface area contributed by atoms with Gasteiger partial charge in [0.15, 0.2) is 6.23 Å². The van der Waals surface area contributed by atoms with Crippen molar-refractivity contribution in [2.75, 3.05) is 5.73 Å². The third-order valence-electron chi connectivity index (χ3n) is 6.64. The van der Waals surface area contributed by atoms with E-state index in [9.17, 15) is 5.11 Å². The van der Waals surface area contributed by atoms with Gasteiger partial charge in [0.1, 0.15) is 41.9 Å². The van der Waals surface area contributed by atoms with Gasteiger partial charge >= 0.3 is 0 Å². The molecule has 2 aliphatic rings. The number of nitrogen functional groups attached to an aromatic ring is 1. The largest absolute Gasteiger partial charge is 0.488 e. The molecule has 3 aromatic heterocycles. The predicted molar refractivity (Wildman–Crippen MR) is 123 cm³/mol. The fraction of sp³-hybridized carbons (Fsp3) is 0.348. The van der Waals surface area contributed by atoms with E-state index in [0.29, 0.717) is 11.6 Å². The molecule has 1 aliphatic carbocycles. The van der Waals surface area contributed by atoms with Crippen LogP contribution in [0.3, 0.4) is 0 Å². The van der Waals surface area contributed by atoms with Crippen LogP contribution in [0.25, 0.3) is 21.9 Å². The van der Waals surface area contributed by atoms with Crippen molar-refractivity contribution in [2.45, 2.75) is 44.3 Å². The first kappa shape index (κ1) is 19.9. The molecule has 9 heteroatoms. The minimum absolute atomic E-state index is 0.00978. The van der Waals surface area contributed by atoms with E-state index in [1.807, 2.05) is 48.0 Å². The average molecular weight is 496 g/mol. The van der Waals surface area contributed by atoms with Crippen LogP contribution < -0.4 is 10.5 Å². The van der Waals surface area contributed by atoms with Crippen molar-refractivity contribution in [3.05, 3.63) is 53.0 Å². The third-order valence-corrected chi connectivity index (χ3v) is 7.28. The maximum absolute atomic E-state index is 11.1. The Balaban J connectivity index is 1.26. The Labute approximate surface area is 192 Å². The zero-order valence-corrected chi connectivity index (χ0v) is 18.9. The number of benzene rings is 1. The number of fused-ring (bicyclic) bond motifs is 3. The topological polar surface area (TPSA) is 108 Å². The second-order valence-corrected chi connectivity index (χ2v) is 9.36. The summed E-state index contributed by atoms with van der Waals surface area (Å²) in [6, 6.07) is 9.71. The number of pyridine rings is 1. The summed E-state index contributed by atoms with van der Waals surface area (Å²) in [6.07, 6.45) is 3.63. The standard InChI is InChI=1S/C23H22BrN5O3/c1-11-14-6-7-29(22(14)27-10-26-11)23-19(30)15-4-5-18(20(15)32-23)31-13-3-2-12-8-16(24)21(25)28-17(12)9-13/h2-3,6-10,15,18-20,23,30H,4-5H2,1H3,(H2,25,28)/t15-,18-,19-,20+,23-/m1/s1. The first-order valence-electron chi connectivity index (χ1n) is 10.6. The van der Waals surface area contributed by atoms with Gasteiger partial charge in [-0.3, -0.25) is 0 Å². The lowest BCUT2D eigenvalue weighted by atomic mass is 10.0. The number of halogens is 1. The van der Waals surface area contributed by atoms with E-state index in [0.717, 1.165) is 44.9 Å². The lowest BCUT2D eigenvalue weighted by Crippen LogP contribution is -2.30. The number of hydrogen-bond donors (Lipinski definition) is 2. The Bertz CT molecular complexity index is 1340. The van der Waals surface area contributed by atoms with Crippen LogP contribution in [0.15, 0.2) is 47.3 Å². The highest BCUT2D eigenvalue weighted by molar-refractivity contribution is 9.10. The summed E-state index contributed by atoms with van der Waals surface area (Å²) in [5.74, 6) is 1.17. The highest BCUT2D eigenvalue weighted by Gasteiger charge is 2.52. The van der Waals surface area contributed by atoms with E-state index in [2.05, 4.69) is 30.9 Å². The number of aryl methyl sites for hydroxylation is 1. The smallest absolute Gasteiger partial charge is 0.162 e. The van der Waals surface area contributed by atoms with Crippen molar-refractivity contribution >= 4 is 43.7 Å². The van der Waals surface area contributed by atoms with Crippen LogP contribution in [0.5, 0.6) is 5.75 Å². The number of ether oxygens (including phenoxy) is 2. The van der Waals surface area contributed by atoms with E-state index >= 15 is 0 Å². The molecule has 8 nitrogen and oxygen atoms in total. The van der Waals surface area contributed by atoms with Gasteiger partial charge in [-0.05, 0) is 60.0 Å². The summed E-state index contributed by atoms with van der Waals surface area (Å²) in [5, 5.41) is 13.0. The van der Waals surface area contributed by atoms with Crippen LogP contribution in [-0.4, -0.2) is 42.9 Å². The number of anilines is 1. The quantitative estimate of drug-likeness (QED) is 0.445. The molecule has 1 saturated heterocycles. The van der Waals surface area contributed by atoms with Gasteiger partial charge in [-0.2, -0.15) is 0 Å². The van der Waals surface area contributed by atoms with Crippen molar-refractivity contribution in [1.29, 1.82) is 0 Å². The molecule has 4 aromatic rings. The number of aliphatic hydroxyl groups is 1. The van der Waals surface area contributed by atoms with Crippen molar-refractivity contribution in [3.8, 4) is 5.75 Å². The van der Waals surface area contributed by atoms with E-state index in [1.54, 1.807) is 6.33 Å². The number of hydrogen-bond acceptors (Lipinski definition) is 7. The first-order valence-corrected chi connectivity index (χ1v) is 11.4. The highest BCUT2D eigenvalue weighted by atomic mass is 79.9. The highest BCUT2D eigenvalue weighted by Crippen LogP contribution is 2.45. The van der Waals surface area contributed by atoms with Crippen molar-refractivity contribution in [2.24, 2.45) is 5.92 Å². The Hall–Kier alpha value is -2.75. The van der Waals surface area contributed by atoms with E-state index in [1.165, 1.54) is 0 Å². The molecule has 1 aromatic carbocycles. The minimum Gasteiger partial charge on any atom is -0.488 e. The summed E-state index contributed by atoms with van der Waals surface area (Å²) >= 11 is 3.41. The summed E-state index contributed by atoms with van der Waals surface area (Å²) < 4.78 is 15.4. The normalized spacial score (nSPS) is 27.3. The molecule has 0 bridgehead atoms. The van der Waals surface area contributed by atoms with Crippen LogP contribution in [0.4, 0.5) is 5.82 Å². The fourth-order valence-corrected chi connectivity index (χ4v) is 5.35. The lowest BCUT2D eigenvalue weighted by molar-refractivity contribution is -0.0653. The van der Waals surface area contributed by atoms with Crippen LogP contribution in [0, 0.1) is 12.8 Å². The number of nitrogens with two attached hydrogens (primary N) is 1. The second kappa shape index (κ2) is 7.40. The second-order valence-electron chi connectivity index (χ2n) is 8.51. The molecule has 164 valence electrons. The molecule has 0 unspecified atom stereocenters.